The molecule has 1 nitrogen and oxygen atoms in total. The molecule has 3 heteroatoms. The topological polar surface area (TPSA) is 26.0 Å². The zero-order valence-corrected chi connectivity index (χ0v) is 13.6. The average molecular weight is 336 g/mol. The Hall–Kier alpha value is -0.930. The van der Waals surface area contributed by atoms with Gasteiger partial charge in [-0.05, 0) is 41.3 Å². The molecule has 19 heavy (non-hydrogen) atoms. The normalized spacial score (nSPS) is 10.9. The van der Waals surface area contributed by atoms with Crippen molar-refractivity contribution < 1.29 is 0 Å². The number of nitrogens with two attached hydrogens (primary N) is 1. The molecule has 0 heterocycles. The molecule has 0 bridgehead atoms. The number of rotatable bonds is 4. The van der Waals surface area contributed by atoms with Gasteiger partial charge in [0.2, 0.25) is 0 Å². The maximum absolute atomic E-state index is 6.01. The van der Waals surface area contributed by atoms with Crippen molar-refractivity contribution in [2.24, 2.45) is 0 Å². The third kappa shape index (κ3) is 4.02. The summed E-state index contributed by atoms with van der Waals surface area (Å²) in [6.07, 6.45) is 0. The fourth-order valence-corrected chi connectivity index (χ4v) is 3.10. The van der Waals surface area contributed by atoms with Crippen LogP contribution < -0.4 is 5.73 Å². The highest BCUT2D eigenvalue weighted by molar-refractivity contribution is 9.10. The van der Waals surface area contributed by atoms with Crippen molar-refractivity contribution in [1.29, 1.82) is 0 Å². The molecule has 2 aromatic carbocycles. The summed E-state index contributed by atoms with van der Waals surface area (Å²) in [4.78, 5) is 1.28. The third-order valence-electron chi connectivity index (χ3n) is 3.05. The van der Waals surface area contributed by atoms with E-state index in [1.54, 1.807) is 0 Å². The van der Waals surface area contributed by atoms with Gasteiger partial charge in [0, 0.05) is 20.8 Å². The lowest BCUT2D eigenvalue weighted by Gasteiger charge is -2.08. The predicted molar refractivity (Wildman–Crippen MR) is 88.6 cm³/mol. The Labute approximate surface area is 127 Å². The molecule has 0 radical (unpaired) electrons. The monoisotopic (exact) mass is 335 g/mol. The molecule has 0 fully saturated rings. The minimum Gasteiger partial charge on any atom is -0.398 e. The summed E-state index contributed by atoms with van der Waals surface area (Å²) in [7, 11) is 0. The van der Waals surface area contributed by atoms with Crippen LogP contribution in [0.4, 0.5) is 5.69 Å². The van der Waals surface area contributed by atoms with Crippen LogP contribution in [0.1, 0.15) is 30.9 Å². The molecule has 2 aromatic rings. The van der Waals surface area contributed by atoms with Gasteiger partial charge in [0.1, 0.15) is 0 Å². The molecule has 0 saturated carbocycles. The summed E-state index contributed by atoms with van der Waals surface area (Å²) >= 11 is 5.25. The van der Waals surface area contributed by atoms with Gasteiger partial charge >= 0.3 is 0 Å². The van der Waals surface area contributed by atoms with Crippen molar-refractivity contribution in [3.8, 4) is 0 Å². The number of thioether (sulfide) groups is 1. The molecule has 2 N–H and O–H groups in total. The van der Waals surface area contributed by atoms with E-state index >= 15 is 0 Å². The second-order valence-corrected chi connectivity index (χ2v) is 6.82. The van der Waals surface area contributed by atoms with Crippen LogP contribution in [0.2, 0.25) is 0 Å². The summed E-state index contributed by atoms with van der Waals surface area (Å²) in [5.74, 6) is 1.49. The summed E-state index contributed by atoms with van der Waals surface area (Å²) in [5, 5.41) is 0. The molecule has 2 rings (SSSR count). The molecule has 0 aliphatic carbocycles. The van der Waals surface area contributed by atoms with Crippen molar-refractivity contribution in [3.05, 3.63) is 58.1 Å². The number of hydrogen-bond donors (Lipinski definition) is 1. The maximum atomic E-state index is 6.01. The Balaban J connectivity index is 2.02. The first kappa shape index (κ1) is 14.5. The van der Waals surface area contributed by atoms with Gasteiger partial charge < -0.3 is 5.73 Å². The van der Waals surface area contributed by atoms with E-state index in [1.165, 1.54) is 16.0 Å². The molecule has 0 spiro atoms. The van der Waals surface area contributed by atoms with Crippen LogP contribution in [0.3, 0.4) is 0 Å². The van der Waals surface area contributed by atoms with Crippen LogP contribution in [0, 0.1) is 0 Å². The smallest absolute Gasteiger partial charge is 0.0366 e. The van der Waals surface area contributed by atoms with Gasteiger partial charge in [-0.15, -0.1) is 11.8 Å². The summed E-state index contributed by atoms with van der Waals surface area (Å²) in [6, 6.07) is 14.9. The van der Waals surface area contributed by atoms with Gasteiger partial charge in [-0.2, -0.15) is 0 Å². The molecular weight excluding hydrogens is 318 g/mol. The molecule has 0 aromatic heterocycles. The lowest BCUT2D eigenvalue weighted by molar-refractivity contribution is 0.865. The number of hydrogen-bond acceptors (Lipinski definition) is 2. The Morgan fingerprint density at radius 1 is 1.11 bits per heavy atom. The number of nitrogen functional groups attached to an aromatic ring is 1. The largest absolute Gasteiger partial charge is 0.398 e. The van der Waals surface area contributed by atoms with E-state index in [1.807, 2.05) is 23.9 Å². The molecule has 100 valence electrons. The SMILES string of the molecule is CC(C)c1ccc(SCc2ccc(Br)cc2N)cc1. The minimum atomic E-state index is 0.584. The zero-order valence-electron chi connectivity index (χ0n) is 11.2. The second kappa shape index (κ2) is 6.49. The minimum absolute atomic E-state index is 0.584. The zero-order chi connectivity index (χ0) is 13.8. The molecule has 0 amide bonds. The predicted octanol–water partition coefficient (Wildman–Crippen LogP) is 5.45. The van der Waals surface area contributed by atoms with Crippen molar-refractivity contribution >= 4 is 33.4 Å². The standard InChI is InChI=1S/C16H18BrNS/c1-11(2)12-4-7-15(8-5-12)19-10-13-3-6-14(17)9-16(13)18/h3-9,11H,10,18H2,1-2H3. The van der Waals surface area contributed by atoms with Crippen molar-refractivity contribution in [2.75, 3.05) is 5.73 Å². The fourth-order valence-electron chi connectivity index (χ4n) is 1.81. The first-order valence-corrected chi connectivity index (χ1v) is 8.11. The molecule has 0 atom stereocenters. The van der Waals surface area contributed by atoms with E-state index < -0.39 is 0 Å². The Morgan fingerprint density at radius 2 is 1.79 bits per heavy atom. The average Bonchev–Trinajstić information content (AvgIpc) is 2.38. The van der Waals surface area contributed by atoms with Crippen molar-refractivity contribution in [2.45, 2.75) is 30.4 Å². The quantitative estimate of drug-likeness (QED) is 0.594. The van der Waals surface area contributed by atoms with Gasteiger partial charge in [0.15, 0.2) is 0 Å². The van der Waals surface area contributed by atoms with Crippen molar-refractivity contribution in [3.63, 3.8) is 0 Å². The van der Waals surface area contributed by atoms with Crippen LogP contribution in [0.5, 0.6) is 0 Å². The summed E-state index contributed by atoms with van der Waals surface area (Å²) in [6.45, 7) is 4.43. The van der Waals surface area contributed by atoms with E-state index in [0.29, 0.717) is 5.92 Å². The summed E-state index contributed by atoms with van der Waals surface area (Å²) in [5.41, 5.74) is 9.42. The Bertz CT molecular complexity index is 549. The highest BCUT2D eigenvalue weighted by atomic mass is 79.9. The first-order valence-electron chi connectivity index (χ1n) is 6.33. The van der Waals surface area contributed by atoms with Gasteiger partial charge in [-0.3, -0.25) is 0 Å². The van der Waals surface area contributed by atoms with Gasteiger partial charge in [0.05, 0.1) is 0 Å². The Morgan fingerprint density at radius 3 is 2.37 bits per heavy atom. The fraction of sp³-hybridized carbons (Fsp3) is 0.250. The van der Waals surface area contributed by atoms with Crippen LogP contribution in [-0.4, -0.2) is 0 Å². The molecule has 0 aliphatic rings. The lowest BCUT2D eigenvalue weighted by Crippen LogP contribution is -1.92. The van der Waals surface area contributed by atoms with E-state index in [4.69, 9.17) is 5.73 Å². The molecule has 0 unspecified atom stereocenters. The highest BCUT2D eigenvalue weighted by Gasteiger charge is 2.03. The third-order valence-corrected chi connectivity index (χ3v) is 4.60. The van der Waals surface area contributed by atoms with Crippen molar-refractivity contribution in [1.82, 2.24) is 0 Å². The van der Waals surface area contributed by atoms with E-state index in [9.17, 15) is 0 Å². The van der Waals surface area contributed by atoms with Crippen LogP contribution in [0.15, 0.2) is 51.8 Å². The van der Waals surface area contributed by atoms with Crippen LogP contribution in [-0.2, 0) is 5.75 Å². The number of anilines is 1. The Kier molecular flexibility index (Phi) is 4.94. The van der Waals surface area contributed by atoms with Gasteiger partial charge in [-0.25, -0.2) is 0 Å². The van der Waals surface area contributed by atoms with E-state index in [0.717, 1.165) is 15.9 Å². The van der Waals surface area contributed by atoms with Gasteiger partial charge in [0.25, 0.3) is 0 Å². The van der Waals surface area contributed by atoms with Crippen LogP contribution in [0.25, 0.3) is 0 Å². The number of benzene rings is 2. The highest BCUT2D eigenvalue weighted by Crippen LogP contribution is 2.28. The summed E-state index contributed by atoms with van der Waals surface area (Å²) < 4.78 is 1.03. The van der Waals surface area contributed by atoms with E-state index in [-0.39, 0.29) is 0 Å². The molecular formula is C16H18BrNS. The van der Waals surface area contributed by atoms with Crippen LogP contribution >= 0.6 is 27.7 Å². The van der Waals surface area contributed by atoms with E-state index in [2.05, 4.69) is 60.1 Å². The van der Waals surface area contributed by atoms with Gasteiger partial charge in [-0.1, -0.05) is 48.0 Å². The maximum Gasteiger partial charge on any atom is 0.0366 e. The molecule has 0 aliphatic heterocycles. The molecule has 0 saturated heterocycles. The number of halogens is 1. The second-order valence-electron chi connectivity index (χ2n) is 4.86. The first-order chi connectivity index (χ1) is 9.06. The lowest BCUT2D eigenvalue weighted by atomic mass is 10.0.